The number of hydrogen-bond acceptors (Lipinski definition) is 3. The minimum absolute atomic E-state index is 0.0424. The van der Waals surface area contributed by atoms with E-state index in [2.05, 4.69) is 38.2 Å². The SMILES string of the molecule is CC(C)(C)c1ccc(N[C@@H]2CCCC[C@H]2[N+](=O)[O-])cc1. The first-order chi connectivity index (χ1) is 9.38. The Kier molecular flexibility index (Phi) is 4.31. The topological polar surface area (TPSA) is 55.2 Å². The fraction of sp³-hybridized carbons (Fsp3) is 0.625. The molecular formula is C16H24N2O2. The highest BCUT2D eigenvalue weighted by atomic mass is 16.6. The molecule has 0 unspecified atom stereocenters. The molecule has 4 heteroatoms. The van der Waals surface area contributed by atoms with Crippen molar-refractivity contribution in [3.63, 3.8) is 0 Å². The molecule has 4 nitrogen and oxygen atoms in total. The maximum atomic E-state index is 11.1. The predicted molar refractivity (Wildman–Crippen MR) is 81.8 cm³/mol. The first kappa shape index (κ1) is 14.8. The van der Waals surface area contributed by atoms with Crippen LogP contribution >= 0.6 is 0 Å². The Balaban J connectivity index is 2.07. The van der Waals surface area contributed by atoms with E-state index in [9.17, 15) is 10.1 Å². The minimum Gasteiger partial charge on any atom is -0.376 e. The van der Waals surface area contributed by atoms with Gasteiger partial charge in [-0.25, -0.2) is 0 Å². The Morgan fingerprint density at radius 2 is 1.75 bits per heavy atom. The van der Waals surface area contributed by atoms with Gasteiger partial charge in [0, 0.05) is 17.0 Å². The van der Waals surface area contributed by atoms with Crippen LogP contribution in [0.5, 0.6) is 0 Å². The number of nitrogens with one attached hydrogen (secondary N) is 1. The van der Waals surface area contributed by atoms with E-state index in [1.54, 1.807) is 0 Å². The van der Waals surface area contributed by atoms with Gasteiger partial charge in [-0.2, -0.15) is 0 Å². The van der Waals surface area contributed by atoms with Crippen LogP contribution in [0.2, 0.25) is 0 Å². The van der Waals surface area contributed by atoms with E-state index in [0.717, 1.165) is 24.9 Å². The summed E-state index contributed by atoms with van der Waals surface area (Å²) < 4.78 is 0. The van der Waals surface area contributed by atoms with Crippen LogP contribution in [0.25, 0.3) is 0 Å². The summed E-state index contributed by atoms with van der Waals surface area (Å²) >= 11 is 0. The molecule has 0 bridgehead atoms. The summed E-state index contributed by atoms with van der Waals surface area (Å²) in [4.78, 5) is 11.0. The lowest BCUT2D eigenvalue weighted by Gasteiger charge is -2.27. The van der Waals surface area contributed by atoms with Gasteiger partial charge < -0.3 is 5.32 Å². The third-order valence-corrected chi connectivity index (χ3v) is 4.10. The van der Waals surface area contributed by atoms with Crippen LogP contribution in [0, 0.1) is 10.1 Å². The number of nitrogens with zero attached hydrogens (tertiary/aromatic N) is 1. The molecule has 0 aliphatic heterocycles. The van der Waals surface area contributed by atoms with Crippen molar-refractivity contribution in [1.82, 2.24) is 0 Å². The normalized spacial score (nSPS) is 23.4. The van der Waals surface area contributed by atoms with Gasteiger partial charge in [-0.05, 0) is 36.0 Å². The molecule has 0 saturated heterocycles. The Morgan fingerprint density at radius 3 is 2.30 bits per heavy atom. The first-order valence-corrected chi connectivity index (χ1v) is 7.38. The third kappa shape index (κ3) is 3.50. The standard InChI is InChI=1S/C16H24N2O2/c1-16(2,3)12-8-10-13(11-9-12)17-14-6-4-5-7-15(14)18(19)20/h8-11,14-15,17H,4-7H2,1-3H3/t14-,15-/m1/s1. The van der Waals surface area contributed by atoms with Crippen molar-refractivity contribution in [3.05, 3.63) is 39.9 Å². The fourth-order valence-electron chi connectivity index (χ4n) is 2.81. The molecule has 1 aromatic rings. The van der Waals surface area contributed by atoms with Crippen molar-refractivity contribution >= 4 is 5.69 Å². The zero-order valence-electron chi connectivity index (χ0n) is 12.6. The molecule has 0 spiro atoms. The molecule has 1 aliphatic rings. The summed E-state index contributed by atoms with van der Waals surface area (Å²) in [5.41, 5.74) is 2.39. The maximum Gasteiger partial charge on any atom is 0.232 e. The van der Waals surface area contributed by atoms with Crippen LogP contribution < -0.4 is 5.32 Å². The van der Waals surface area contributed by atoms with Gasteiger partial charge in [0.15, 0.2) is 0 Å². The van der Waals surface area contributed by atoms with E-state index in [1.807, 2.05) is 12.1 Å². The second-order valence-corrected chi connectivity index (χ2v) is 6.72. The second-order valence-electron chi connectivity index (χ2n) is 6.72. The summed E-state index contributed by atoms with van der Waals surface area (Å²) in [6.45, 7) is 6.54. The zero-order chi connectivity index (χ0) is 14.8. The van der Waals surface area contributed by atoms with E-state index >= 15 is 0 Å². The van der Waals surface area contributed by atoms with Crippen molar-refractivity contribution in [1.29, 1.82) is 0 Å². The van der Waals surface area contributed by atoms with Crippen molar-refractivity contribution in [2.75, 3.05) is 5.32 Å². The molecule has 110 valence electrons. The molecule has 0 radical (unpaired) electrons. The van der Waals surface area contributed by atoms with Crippen molar-refractivity contribution in [2.24, 2.45) is 0 Å². The molecular weight excluding hydrogens is 252 g/mol. The Hall–Kier alpha value is -1.58. The molecule has 1 fully saturated rings. The number of nitro groups is 1. The lowest BCUT2D eigenvalue weighted by molar-refractivity contribution is -0.527. The first-order valence-electron chi connectivity index (χ1n) is 7.38. The van der Waals surface area contributed by atoms with Crippen LogP contribution in [0.3, 0.4) is 0 Å². The third-order valence-electron chi connectivity index (χ3n) is 4.10. The predicted octanol–water partition coefficient (Wildman–Crippen LogP) is 3.98. The van der Waals surface area contributed by atoms with Gasteiger partial charge >= 0.3 is 0 Å². The lowest BCUT2D eigenvalue weighted by atomic mass is 9.87. The Bertz CT molecular complexity index is 462. The van der Waals surface area contributed by atoms with E-state index in [0.29, 0.717) is 6.42 Å². The molecule has 1 aromatic carbocycles. The van der Waals surface area contributed by atoms with Crippen molar-refractivity contribution < 1.29 is 4.92 Å². The maximum absolute atomic E-state index is 11.1. The minimum atomic E-state index is -0.453. The Labute approximate surface area is 120 Å². The highest BCUT2D eigenvalue weighted by molar-refractivity contribution is 5.46. The number of benzene rings is 1. The average molecular weight is 276 g/mol. The van der Waals surface area contributed by atoms with E-state index in [1.165, 1.54) is 5.56 Å². The van der Waals surface area contributed by atoms with Gasteiger partial charge in [-0.3, -0.25) is 10.1 Å². The fourth-order valence-corrected chi connectivity index (χ4v) is 2.81. The van der Waals surface area contributed by atoms with E-state index in [-0.39, 0.29) is 16.4 Å². The monoisotopic (exact) mass is 276 g/mol. The van der Waals surface area contributed by atoms with Gasteiger partial charge in [-0.1, -0.05) is 39.3 Å². The molecule has 0 aromatic heterocycles. The summed E-state index contributed by atoms with van der Waals surface area (Å²) in [5, 5.41) is 14.5. The van der Waals surface area contributed by atoms with Crippen molar-refractivity contribution in [2.45, 2.75) is 64.0 Å². The highest BCUT2D eigenvalue weighted by Crippen LogP contribution is 2.26. The molecule has 0 amide bonds. The van der Waals surface area contributed by atoms with Gasteiger partial charge in [0.2, 0.25) is 6.04 Å². The van der Waals surface area contributed by atoms with E-state index in [4.69, 9.17) is 0 Å². The lowest BCUT2D eigenvalue weighted by Crippen LogP contribution is -2.41. The van der Waals surface area contributed by atoms with Gasteiger partial charge in [0.05, 0.1) is 6.04 Å². The quantitative estimate of drug-likeness (QED) is 0.671. The van der Waals surface area contributed by atoms with Crippen LogP contribution in [0.1, 0.15) is 52.0 Å². The average Bonchev–Trinajstić information content (AvgIpc) is 2.38. The number of rotatable bonds is 3. The molecule has 0 heterocycles. The Morgan fingerprint density at radius 1 is 1.15 bits per heavy atom. The highest BCUT2D eigenvalue weighted by Gasteiger charge is 2.33. The van der Waals surface area contributed by atoms with E-state index < -0.39 is 6.04 Å². The summed E-state index contributed by atoms with van der Waals surface area (Å²) in [5.74, 6) is 0. The number of anilines is 1. The van der Waals surface area contributed by atoms with Gasteiger partial charge in [0.25, 0.3) is 0 Å². The van der Waals surface area contributed by atoms with Gasteiger partial charge in [0.1, 0.15) is 0 Å². The molecule has 2 atom stereocenters. The second kappa shape index (κ2) is 5.81. The molecule has 1 aliphatic carbocycles. The molecule has 1 N–H and O–H groups in total. The summed E-state index contributed by atoms with van der Waals surface area (Å²) in [6, 6.07) is 7.78. The zero-order valence-corrected chi connectivity index (χ0v) is 12.6. The van der Waals surface area contributed by atoms with Crippen LogP contribution in [-0.2, 0) is 5.41 Å². The largest absolute Gasteiger partial charge is 0.376 e. The molecule has 1 saturated carbocycles. The van der Waals surface area contributed by atoms with Crippen LogP contribution in [0.15, 0.2) is 24.3 Å². The molecule has 2 rings (SSSR count). The molecule has 20 heavy (non-hydrogen) atoms. The van der Waals surface area contributed by atoms with Crippen LogP contribution in [0.4, 0.5) is 5.69 Å². The van der Waals surface area contributed by atoms with Crippen LogP contribution in [-0.4, -0.2) is 17.0 Å². The summed E-state index contributed by atoms with van der Waals surface area (Å²) in [7, 11) is 0. The van der Waals surface area contributed by atoms with Gasteiger partial charge in [-0.15, -0.1) is 0 Å². The number of hydrogen-bond donors (Lipinski definition) is 1. The van der Waals surface area contributed by atoms with Crippen molar-refractivity contribution in [3.8, 4) is 0 Å². The smallest absolute Gasteiger partial charge is 0.232 e. The summed E-state index contributed by atoms with van der Waals surface area (Å²) in [6.07, 6.45) is 3.60.